The van der Waals surface area contributed by atoms with Crippen LogP contribution in [-0.2, 0) is 20.6 Å². The summed E-state index contributed by atoms with van der Waals surface area (Å²) in [5.41, 5.74) is 14.9. The fraction of sp³-hybridized carbons (Fsp3) is 0.475. The van der Waals surface area contributed by atoms with Crippen molar-refractivity contribution >= 4 is 16.1 Å². The van der Waals surface area contributed by atoms with Crippen LogP contribution in [0.2, 0.25) is 0 Å². The van der Waals surface area contributed by atoms with Crippen molar-refractivity contribution < 1.29 is 37.8 Å². The highest BCUT2D eigenvalue weighted by molar-refractivity contribution is 7.86. The molecule has 52 heavy (non-hydrogen) atoms. The van der Waals surface area contributed by atoms with Crippen LogP contribution in [0.4, 0.5) is 0 Å². The molecule has 9 rings (SSSR count). The summed E-state index contributed by atoms with van der Waals surface area (Å²) in [7, 11) is -4.57. The molecule has 1 aliphatic carbocycles. The van der Waals surface area contributed by atoms with Crippen molar-refractivity contribution in [2.24, 2.45) is 28.3 Å². The van der Waals surface area contributed by atoms with E-state index in [1.165, 1.54) is 0 Å². The largest absolute Gasteiger partial charge is 0.508 e. The van der Waals surface area contributed by atoms with Crippen LogP contribution in [0.15, 0.2) is 89.4 Å². The third kappa shape index (κ3) is 8.16. The standard InChI is InChI=1S/C40H51N3O8S/c1-2-25-24-36(52(47,48)49)35-23-30-21-29(22-34(5-3-19-44)50-38(30)28-8-14-32(46)15-9-28)37(35)27-6-12-31(13-7-27)40(18-4-20-45,43-39(41)42)51-33-16-10-26(25)11-17-33/h6-17,23,25,29,34-38,44-46H,2-5,18-22,24H2,1H3,(H4,41,42,43)(H,47,48,49). The third-order valence-corrected chi connectivity index (χ3v) is 12.4. The van der Waals surface area contributed by atoms with Gasteiger partial charge in [0.2, 0.25) is 5.72 Å². The maximum Gasteiger partial charge on any atom is 0.268 e. The van der Waals surface area contributed by atoms with Crippen molar-refractivity contribution in [3.05, 3.63) is 107 Å². The van der Waals surface area contributed by atoms with E-state index in [1.54, 1.807) is 12.1 Å². The van der Waals surface area contributed by atoms with Crippen molar-refractivity contribution in [3.8, 4) is 11.5 Å². The van der Waals surface area contributed by atoms with Crippen LogP contribution in [0, 0.1) is 11.8 Å². The minimum atomic E-state index is -4.57. The van der Waals surface area contributed by atoms with E-state index in [1.807, 2.05) is 73.7 Å². The second-order valence-corrected chi connectivity index (χ2v) is 16.1. The molecule has 5 aliphatic heterocycles. The summed E-state index contributed by atoms with van der Waals surface area (Å²) in [4.78, 5) is 4.61. The number of aromatic hydroxyl groups is 1. The maximum atomic E-state index is 13.7. The van der Waals surface area contributed by atoms with Gasteiger partial charge in [-0.05, 0) is 109 Å². The number of rotatable bonds is 10. The highest BCUT2D eigenvalue weighted by Crippen LogP contribution is 2.53. The number of phenols is 1. The summed E-state index contributed by atoms with van der Waals surface area (Å²) in [6, 6.07) is 22.1. The first-order chi connectivity index (χ1) is 24.9. The Kier molecular flexibility index (Phi) is 11.6. The molecule has 3 aromatic carbocycles. The molecular weight excluding hydrogens is 683 g/mol. The number of phenolic OH excluding ortho intramolecular Hbond substituents is 1. The lowest BCUT2D eigenvalue weighted by molar-refractivity contribution is -0.00268. The Balaban J connectivity index is 1.57. The number of fused-ring (bicyclic) bond motifs is 2. The molecule has 0 amide bonds. The van der Waals surface area contributed by atoms with E-state index >= 15 is 0 Å². The summed E-state index contributed by atoms with van der Waals surface area (Å²) in [5.74, 6) is -0.720. The van der Waals surface area contributed by atoms with E-state index < -0.39 is 33.1 Å². The first-order valence-corrected chi connectivity index (χ1v) is 19.8. The molecule has 5 heterocycles. The smallest absolute Gasteiger partial charge is 0.268 e. The Morgan fingerprint density at radius 3 is 2.17 bits per heavy atom. The van der Waals surface area contributed by atoms with Crippen LogP contribution in [0.25, 0.3) is 0 Å². The molecule has 8 unspecified atom stereocenters. The van der Waals surface area contributed by atoms with Gasteiger partial charge in [-0.15, -0.1) is 0 Å². The number of nitrogens with two attached hydrogens (primary N) is 2. The summed E-state index contributed by atoms with van der Waals surface area (Å²) in [6.07, 6.45) is 5.20. The topological polar surface area (TPSA) is 198 Å². The first kappa shape index (κ1) is 37.8. The number of allylic oxidation sites excluding steroid dienone is 1. The zero-order valence-corrected chi connectivity index (χ0v) is 30.4. The van der Waals surface area contributed by atoms with E-state index in [4.69, 9.17) is 20.9 Å². The summed E-state index contributed by atoms with van der Waals surface area (Å²) in [5, 5.41) is 28.6. The van der Waals surface area contributed by atoms with Gasteiger partial charge >= 0.3 is 0 Å². The number of hydrogen-bond donors (Lipinski definition) is 6. The number of benzene rings is 3. The van der Waals surface area contributed by atoms with Crippen molar-refractivity contribution in [2.45, 2.75) is 93.3 Å². The van der Waals surface area contributed by atoms with Crippen LogP contribution >= 0.6 is 0 Å². The fourth-order valence-corrected chi connectivity index (χ4v) is 9.85. The van der Waals surface area contributed by atoms with Gasteiger partial charge in [0.15, 0.2) is 5.96 Å². The molecule has 0 saturated carbocycles. The molecule has 8 atom stereocenters. The van der Waals surface area contributed by atoms with Gasteiger partial charge in [0.05, 0.1) is 11.4 Å². The van der Waals surface area contributed by atoms with Crippen LogP contribution < -0.4 is 16.2 Å². The van der Waals surface area contributed by atoms with Gasteiger partial charge in [-0.1, -0.05) is 61.5 Å². The van der Waals surface area contributed by atoms with Crippen LogP contribution in [0.5, 0.6) is 11.5 Å². The predicted octanol–water partition coefficient (Wildman–Crippen LogP) is 5.77. The van der Waals surface area contributed by atoms with E-state index in [0.717, 1.165) is 22.3 Å². The number of aliphatic hydroxyl groups excluding tert-OH is 2. The van der Waals surface area contributed by atoms with Crippen molar-refractivity contribution in [3.63, 3.8) is 0 Å². The van der Waals surface area contributed by atoms with E-state index in [-0.39, 0.29) is 61.6 Å². The monoisotopic (exact) mass is 733 g/mol. The van der Waals surface area contributed by atoms with E-state index in [2.05, 4.69) is 4.99 Å². The molecule has 0 aromatic heterocycles. The average molecular weight is 734 g/mol. The van der Waals surface area contributed by atoms with Gasteiger partial charge in [0, 0.05) is 31.1 Å². The lowest BCUT2D eigenvalue weighted by atomic mass is 9.65. The molecule has 280 valence electrons. The number of hydrogen-bond acceptors (Lipinski definition) is 8. The molecular formula is C40H51N3O8S. The predicted molar refractivity (Wildman–Crippen MR) is 199 cm³/mol. The number of guanidine groups is 1. The molecule has 6 aliphatic rings. The second kappa shape index (κ2) is 16.0. The van der Waals surface area contributed by atoms with Crippen LogP contribution in [0.3, 0.4) is 0 Å². The number of aliphatic hydroxyl groups is 2. The normalized spacial score (nSPS) is 28.8. The number of nitrogens with zero attached hydrogens (tertiary/aromatic N) is 1. The lowest BCUT2D eigenvalue weighted by Gasteiger charge is -2.41. The molecule has 8 N–H and O–H groups in total. The fourth-order valence-electron chi connectivity index (χ4n) is 8.73. The molecule has 0 spiro atoms. The molecule has 3 aromatic rings. The zero-order chi connectivity index (χ0) is 37.0. The highest BCUT2D eigenvalue weighted by Gasteiger charge is 2.47. The molecule has 12 heteroatoms. The Labute approximate surface area is 306 Å². The molecule has 1 fully saturated rings. The van der Waals surface area contributed by atoms with Crippen molar-refractivity contribution in [1.29, 1.82) is 0 Å². The summed E-state index contributed by atoms with van der Waals surface area (Å²) >= 11 is 0. The third-order valence-electron chi connectivity index (χ3n) is 11.1. The minimum Gasteiger partial charge on any atom is -0.508 e. The Morgan fingerprint density at radius 1 is 0.904 bits per heavy atom. The van der Waals surface area contributed by atoms with Crippen LogP contribution in [0.1, 0.15) is 98.5 Å². The lowest BCUT2D eigenvalue weighted by Crippen LogP contribution is -2.39. The Hall–Kier alpha value is -3.94. The minimum absolute atomic E-state index is 0.0185. The number of ether oxygens (including phenoxy) is 2. The van der Waals surface area contributed by atoms with Gasteiger partial charge in [-0.25, -0.2) is 4.99 Å². The zero-order valence-electron chi connectivity index (χ0n) is 29.6. The van der Waals surface area contributed by atoms with Crippen molar-refractivity contribution in [1.82, 2.24) is 0 Å². The van der Waals surface area contributed by atoms with Crippen molar-refractivity contribution in [2.75, 3.05) is 13.2 Å². The van der Waals surface area contributed by atoms with Gasteiger partial charge < -0.3 is 36.3 Å². The highest BCUT2D eigenvalue weighted by atomic mass is 32.2. The summed E-state index contributed by atoms with van der Waals surface area (Å²) in [6.45, 7) is 1.94. The second-order valence-electron chi connectivity index (χ2n) is 14.5. The number of aliphatic imine (C=N–C) groups is 1. The van der Waals surface area contributed by atoms with E-state index in [9.17, 15) is 28.3 Å². The van der Waals surface area contributed by atoms with Gasteiger partial charge in [-0.3, -0.25) is 4.55 Å². The molecule has 11 nitrogen and oxygen atoms in total. The maximum absolute atomic E-state index is 13.7. The SMILES string of the molecule is CCC1CC(S(=O)(=O)O)C2C=C3CC(CC(CCCO)OC3c3ccc(O)cc3)C2c2ccc(cc2)C(CCCO)(N=C(N)N)Oc2ccc1cc2. The molecule has 1 saturated heterocycles. The van der Waals surface area contributed by atoms with E-state index in [0.29, 0.717) is 49.8 Å². The molecule has 0 radical (unpaired) electrons. The Bertz CT molecular complexity index is 1830. The summed E-state index contributed by atoms with van der Waals surface area (Å²) < 4.78 is 51.9. The van der Waals surface area contributed by atoms with Gasteiger partial charge in [0.25, 0.3) is 10.1 Å². The van der Waals surface area contributed by atoms with Gasteiger partial charge in [0.1, 0.15) is 17.6 Å². The van der Waals surface area contributed by atoms with Gasteiger partial charge in [-0.2, -0.15) is 8.42 Å². The quantitative estimate of drug-likeness (QED) is 0.0644. The van der Waals surface area contributed by atoms with Crippen LogP contribution in [-0.4, -0.2) is 58.8 Å². The first-order valence-electron chi connectivity index (χ1n) is 18.3. The Morgan fingerprint density at radius 2 is 1.56 bits per heavy atom. The molecule has 6 bridgehead atoms. The average Bonchev–Trinajstić information content (AvgIpc) is 3.26.